The van der Waals surface area contributed by atoms with E-state index in [9.17, 15) is 14.4 Å². The molecular formula is C27H23N5O6S. The van der Waals surface area contributed by atoms with Gasteiger partial charge in [0.05, 0.1) is 25.5 Å². The Morgan fingerprint density at radius 1 is 0.949 bits per heavy atom. The SMILES string of the molecule is CCOc1ccc(C(=O)Oc2ccc(/C=N\NC(=O)C(=O)Nc3nnc(-c4ccccc4)s3)cc2OC)cc1. The number of anilines is 1. The number of nitrogens with one attached hydrogen (secondary N) is 2. The molecule has 0 unspecified atom stereocenters. The molecule has 3 aromatic carbocycles. The summed E-state index contributed by atoms with van der Waals surface area (Å²) < 4.78 is 16.1. The van der Waals surface area contributed by atoms with Gasteiger partial charge in [-0.1, -0.05) is 41.7 Å². The van der Waals surface area contributed by atoms with E-state index in [4.69, 9.17) is 14.2 Å². The molecule has 0 fully saturated rings. The van der Waals surface area contributed by atoms with Crippen molar-refractivity contribution in [2.45, 2.75) is 6.92 Å². The van der Waals surface area contributed by atoms with Crippen molar-refractivity contribution in [1.82, 2.24) is 15.6 Å². The quantitative estimate of drug-likeness (QED) is 0.106. The molecule has 1 heterocycles. The number of carbonyl (C=O) groups is 3. The van der Waals surface area contributed by atoms with Gasteiger partial charge in [-0.3, -0.25) is 14.9 Å². The van der Waals surface area contributed by atoms with Crippen molar-refractivity contribution in [3.05, 3.63) is 83.9 Å². The molecule has 0 bridgehead atoms. The fourth-order valence-corrected chi connectivity index (χ4v) is 3.95. The van der Waals surface area contributed by atoms with Crippen molar-refractivity contribution >= 4 is 40.5 Å². The molecule has 0 aliphatic rings. The van der Waals surface area contributed by atoms with E-state index in [1.807, 2.05) is 37.3 Å². The lowest BCUT2D eigenvalue weighted by Gasteiger charge is -2.10. The number of carbonyl (C=O) groups excluding carboxylic acids is 3. The number of esters is 1. The summed E-state index contributed by atoms with van der Waals surface area (Å²) in [7, 11) is 1.42. The van der Waals surface area contributed by atoms with Gasteiger partial charge in [0.15, 0.2) is 11.5 Å². The predicted molar refractivity (Wildman–Crippen MR) is 145 cm³/mol. The highest BCUT2D eigenvalue weighted by Gasteiger charge is 2.17. The van der Waals surface area contributed by atoms with Crippen molar-refractivity contribution in [1.29, 1.82) is 0 Å². The van der Waals surface area contributed by atoms with Crippen LogP contribution in [0.25, 0.3) is 10.6 Å². The van der Waals surface area contributed by atoms with Crippen LogP contribution < -0.4 is 25.0 Å². The Hall–Kier alpha value is -5.10. The minimum absolute atomic E-state index is 0.179. The topological polar surface area (TPSA) is 141 Å². The largest absolute Gasteiger partial charge is 0.494 e. The molecule has 12 heteroatoms. The summed E-state index contributed by atoms with van der Waals surface area (Å²) in [6, 6.07) is 20.6. The standard InChI is InChI=1S/C27H23N5O6S/c1-3-37-20-12-10-19(11-13-20)26(35)38-21-14-9-17(15-22(21)36-2)16-28-30-24(34)23(33)29-27-32-31-25(39-27)18-7-5-4-6-8-18/h4-16H,3H2,1-2H3,(H,30,34)(H,29,32,33)/b28-16-. The number of hydrogen-bond donors (Lipinski definition) is 2. The number of methoxy groups -OCH3 is 1. The summed E-state index contributed by atoms with van der Waals surface area (Å²) >= 11 is 1.14. The van der Waals surface area contributed by atoms with Crippen molar-refractivity contribution < 1.29 is 28.6 Å². The number of hydrogen-bond acceptors (Lipinski definition) is 10. The van der Waals surface area contributed by atoms with Crippen molar-refractivity contribution in [2.24, 2.45) is 5.10 Å². The number of benzene rings is 3. The average molecular weight is 546 g/mol. The molecule has 0 aliphatic heterocycles. The van der Waals surface area contributed by atoms with Gasteiger partial charge in [-0.25, -0.2) is 10.2 Å². The Bertz CT molecular complexity index is 1490. The molecule has 2 N–H and O–H groups in total. The fourth-order valence-electron chi connectivity index (χ4n) is 3.20. The maximum Gasteiger partial charge on any atom is 0.343 e. The highest BCUT2D eigenvalue weighted by Crippen LogP contribution is 2.29. The smallest absolute Gasteiger partial charge is 0.343 e. The molecule has 0 aliphatic carbocycles. The van der Waals surface area contributed by atoms with Gasteiger partial charge in [-0.15, -0.1) is 10.2 Å². The molecule has 2 amide bonds. The number of aromatic nitrogens is 2. The fraction of sp³-hybridized carbons (Fsp3) is 0.111. The molecule has 0 atom stereocenters. The first-order chi connectivity index (χ1) is 19.0. The lowest BCUT2D eigenvalue weighted by molar-refractivity contribution is -0.136. The lowest BCUT2D eigenvalue weighted by Crippen LogP contribution is -2.32. The van der Waals surface area contributed by atoms with Crippen LogP contribution in [0.2, 0.25) is 0 Å². The van der Waals surface area contributed by atoms with E-state index in [1.165, 1.54) is 19.4 Å². The Morgan fingerprint density at radius 2 is 1.72 bits per heavy atom. The van der Waals surface area contributed by atoms with Gasteiger partial charge in [0, 0.05) is 5.56 Å². The summed E-state index contributed by atoms with van der Waals surface area (Å²) in [6.07, 6.45) is 1.31. The molecule has 11 nitrogen and oxygen atoms in total. The van der Waals surface area contributed by atoms with Crippen molar-refractivity contribution in [3.63, 3.8) is 0 Å². The third-order valence-electron chi connectivity index (χ3n) is 5.04. The molecule has 0 radical (unpaired) electrons. The van der Waals surface area contributed by atoms with Crippen LogP contribution in [0.4, 0.5) is 5.13 Å². The first-order valence-corrected chi connectivity index (χ1v) is 12.4. The van der Waals surface area contributed by atoms with Gasteiger partial charge < -0.3 is 14.2 Å². The molecule has 198 valence electrons. The van der Waals surface area contributed by atoms with Crippen LogP contribution in [0, 0.1) is 0 Å². The number of amides is 2. The molecule has 4 aromatic rings. The van der Waals surface area contributed by atoms with E-state index in [2.05, 4.69) is 26.0 Å². The Labute approximate surface area is 227 Å². The van der Waals surface area contributed by atoms with Crippen molar-refractivity contribution in [3.8, 4) is 27.8 Å². The molecule has 39 heavy (non-hydrogen) atoms. The first-order valence-electron chi connectivity index (χ1n) is 11.6. The van der Waals surface area contributed by atoms with Crippen LogP contribution >= 0.6 is 11.3 Å². The second kappa shape index (κ2) is 12.9. The van der Waals surface area contributed by atoms with E-state index in [0.29, 0.717) is 28.5 Å². The minimum Gasteiger partial charge on any atom is -0.494 e. The normalized spacial score (nSPS) is 10.6. The zero-order valence-electron chi connectivity index (χ0n) is 20.9. The summed E-state index contributed by atoms with van der Waals surface area (Å²) in [5.74, 6) is -1.39. The maximum absolute atomic E-state index is 12.5. The maximum atomic E-state index is 12.5. The monoisotopic (exact) mass is 545 g/mol. The van der Waals surface area contributed by atoms with Gasteiger partial charge in [0.1, 0.15) is 10.8 Å². The average Bonchev–Trinajstić information content (AvgIpc) is 3.43. The van der Waals surface area contributed by atoms with Gasteiger partial charge in [0.2, 0.25) is 5.13 Å². The number of rotatable bonds is 9. The molecule has 0 spiro atoms. The predicted octanol–water partition coefficient (Wildman–Crippen LogP) is 3.92. The Balaban J connectivity index is 1.32. The molecule has 0 saturated heterocycles. The van der Waals surface area contributed by atoms with E-state index >= 15 is 0 Å². The molecular weight excluding hydrogens is 522 g/mol. The zero-order chi connectivity index (χ0) is 27.6. The van der Waals surface area contributed by atoms with E-state index in [1.54, 1.807) is 36.4 Å². The summed E-state index contributed by atoms with van der Waals surface area (Å²) in [6.45, 7) is 2.39. The second-order valence-electron chi connectivity index (χ2n) is 7.69. The van der Waals surface area contributed by atoms with Crippen LogP contribution in [0.15, 0.2) is 77.9 Å². The van der Waals surface area contributed by atoms with Crippen LogP contribution in [0.3, 0.4) is 0 Å². The van der Waals surface area contributed by atoms with Crippen LogP contribution in [0.5, 0.6) is 17.2 Å². The van der Waals surface area contributed by atoms with E-state index in [-0.39, 0.29) is 16.6 Å². The Morgan fingerprint density at radius 3 is 2.44 bits per heavy atom. The van der Waals surface area contributed by atoms with Crippen LogP contribution in [-0.2, 0) is 9.59 Å². The van der Waals surface area contributed by atoms with Gasteiger partial charge >= 0.3 is 17.8 Å². The first kappa shape index (κ1) is 26.9. The molecule has 1 aromatic heterocycles. The number of hydrazone groups is 1. The summed E-state index contributed by atoms with van der Waals surface area (Å²) in [5, 5.41) is 14.9. The third kappa shape index (κ3) is 7.23. The minimum atomic E-state index is -0.990. The lowest BCUT2D eigenvalue weighted by atomic mass is 10.2. The Kier molecular flexibility index (Phi) is 8.93. The summed E-state index contributed by atoms with van der Waals surface area (Å²) in [5.41, 5.74) is 3.85. The second-order valence-corrected chi connectivity index (χ2v) is 8.67. The summed E-state index contributed by atoms with van der Waals surface area (Å²) in [4.78, 5) is 36.8. The third-order valence-corrected chi connectivity index (χ3v) is 5.93. The van der Waals surface area contributed by atoms with Gasteiger partial charge in [0.25, 0.3) is 0 Å². The molecule has 0 saturated carbocycles. The highest BCUT2D eigenvalue weighted by molar-refractivity contribution is 7.18. The van der Waals surface area contributed by atoms with Gasteiger partial charge in [-0.2, -0.15) is 5.10 Å². The highest BCUT2D eigenvalue weighted by atomic mass is 32.1. The number of nitrogens with zero attached hydrogens (tertiary/aromatic N) is 3. The van der Waals surface area contributed by atoms with E-state index < -0.39 is 17.8 Å². The van der Waals surface area contributed by atoms with Crippen LogP contribution in [-0.4, -0.2) is 47.9 Å². The number of ether oxygens (including phenoxy) is 3. The molecule has 4 rings (SSSR count). The van der Waals surface area contributed by atoms with Crippen LogP contribution in [0.1, 0.15) is 22.8 Å². The van der Waals surface area contributed by atoms with E-state index in [0.717, 1.165) is 16.9 Å². The van der Waals surface area contributed by atoms with Gasteiger partial charge in [-0.05, 0) is 55.0 Å². The van der Waals surface area contributed by atoms with Crippen molar-refractivity contribution in [2.75, 3.05) is 19.0 Å². The zero-order valence-corrected chi connectivity index (χ0v) is 21.7.